The third-order valence-electron chi connectivity index (χ3n) is 7.12. The van der Waals surface area contributed by atoms with Gasteiger partial charge in [0.15, 0.2) is 5.82 Å². The molecule has 5 aromatic rings. The van der Waals surface area contributed by atoms with Crippen LogP contribution in [0, 0.1) is 13.8 Å². The van der Waals surface area contributed by atoms with Gasteiger partial charge in [-0.05, 0) is 44.0 Å². The molecule has 1 saturated heterocycles. The molecule has 0 spiro atoms. The number of nitrogens with zero attached hydrogens (tertiary/aromatic N) is 6. The summed E-state index contributed by atoms with van der Waals surface area (Å²) in [7, 11) is 1.89. The topological polar surface area (TPSA) is 126 Å². The number of likely N-dealkylation sites (tertiary alicyclic amines) is 1. The van der Waals surface area contributed by atoms with Crippen molar-refractivity contribution in [2.75, 3.05) is 30.3 Å². The van der Waals surface area contributed by atoms with Crippen LogP contribution in [-0.2, 0) is 11.8 Å². The van der Waals surface area contributed by atoms with E-state index in [4.69, 9.17) is 9.72 Å². The van der Waals surface area contributed by atoms with Crippen LogP contribution in [0.1, 0.15) is 17.7 Å². The summed E-state index contributed by atoms with van der Waals surface area (Å²) in [5.41, 5.74) is 5.28. The number of anilines is 3. The van der Waals surface area contributed by atoms with Gasteiger partial charge in [-0.25, -0.2) is 9.97 Å². The minimum Gasteiger partial charge on any atom is -0.489 e. The first-order chi connectivity index (χ1) is 19.4. The normalized spacial score (nSPS) is 15.4. The number of fused-ring (bicyclic) bond motifs is 1. The fourth-order valence-electron chi connectivity index (χ4n) is 5.00. The number of aromatic nitrogens is 6. The van der Waals surface area contributed by atoms with Crippen LogP contribution in [0.2, 0.25) is 0 Å². The van der Waals surface area contributed by atoms with Crippen molar-refractivity contribution in [1.29, 1.82) is 0 Å². The van der Waals surface area contributed by atoms with Crippen molar-refractivity contribution in [2.45, 2.75) is 26.4 Å². The number of amides is 1. The molecular weight excluding hydrogens is 506 g/mol. The maximum absolute atomic E-state index is 13.0. The maximum Gasteiger partial charge on any atom is 0.238 e. The van der Waals surface area contributed by atoms with Crippen LogP contribution in [0.5, 0.6) is 5.75 Å². The third kappa shape index (κ3) is 5.36. The quantitative estimate of drug-likeness (QED) is 0.269. The standard InChI is InChI=1S/C29H31N9O2/c1-18-14-32-29(34-25-13-19(2)37(3)36-25)35-27(18)23-15-31-28-22(23)5-4-6-24(28)33-26(39)17-38-12-9-21(16-38)40-20-7-10-30-11-8-20/h4-8,10-11,13-15,21,31H,9,12,16-17H2,1-3H3,(H,33,39)(H,32,34,35,36)/t21-/m1/s1. The maximum atomic E-state index is 13.0. The molecule has 1 aromatic carbocycles. The number of nitrogens with one attached hydrogen (secondary N) is 3. The Balaban J connectivity index is 1.15. The van der Waals surface area contributed by atoms with Gasteiger partial charge in [0.2, 0.25) is 11.9 Å². The van der Waals surface area contributed by atoms with E-state index in [0.717, 1.165) is 57.8 Å². The van der Waals surface area contributed by atoms with Crippen molar-refractivity contribution in [3.63, 3.8) is 0 Å². The number of aromatic amines is 1. The molecule has 1 fully saturated rings. The molecule has 1 amide bonds. The van der Waals surface area contributed by atoms with Crippen LogP contribution in [0.3, 0.4) is 0 Å². The molecule has 1 aliphatic heterocycles. The van der Waals surface area contributed by atoms with Crippen LogP contribution >= 0.6 is 0 Å². The van der Waals surface area contributed by atoms with Crippen LogP contribution < -0.4 is 15.4 Å². The highest BCUT2D eigenvalue weighted by Gasteiger charge is 2.26. The molecule has 40 heavy (non-hydrogen) atoms. The summed E-state index contributed by atoms with van der Waals surface area (Å²) in [6.45, 7) is 5.78. The summed E-state index contributed by atoms with van der Waals surface area (Å²) in [5.74, 6) is 1.89. The molecule has 1 atom stereocenters. The van der Waals surface area contributed by atoms with Crippen LogP contribution in [0.15, 0.2) is 61.2 Å². The Bertz CT molecular complexity index is 1640. The number of carbonyl (C=O) groups excluding carboxylic acids is 1. The summed E-state index contributed by atoms with van der Waals surface area (Å²) < 4.78 is 7.82. The lowest BCUT2D eigenvalue weighted by atomic mass is 10.1. The molecule has 11 heteroatoms. The van der Waals surface area contributed by atoms with E-state index in [9.17, 15) is 4.79 Å². The zero-order valence-corrected chi connectivity index (χ0v) is 22.7. The molecule has 11 nitrogen and oxygen atoms in total. The molecule has 0 radical (unpaired) electrons. The van der Waals surface area contributed by atoms with Crippen molar-refractivity contribution < 1.29 is 9.53 Å². The molecule has 4 aromatic heterocycles. The number of hydrogen-bond acceptors (Lipinski definition) is 8. The van der Waals surface area contributed by atoms with Gasteiger partial charge in [0.05, 0.1) is 23.4 Å². The molecular formula is C29H31N9O2. The zero-order chi connectivity index (χ0) is 27.6. The van der Waals surface area contributed by atoms with E-state index in [0.29, 0.717) is 24.9 Å². The Hall–Kier alpha value is -4.77. The van der Waals surface area contributed by atoms with E-state index in [1.165, 1.54) is 0 Å². The average molecular weight is 538 g/mol. The van der Waals surface area contributed by atoms with Gasteiger partial charge < -0.3 is 20.4 Å². The first-order valence-electron chi connectivity index (χ1n) is 13.2. The van der Waals surface area contributed by atoms with E-state index in [1.54, 1.807) is 23.3 Å². The van der Waals surface area contributed by atoms with Gasteiger partial charge in [0.25, 0.3) is 0 Å². The lowest BCUT2D eigenvalue weighted by molar-refractivity contribution is -0.117. The fraction of sp³-hybridized carbons (Fsp3) is 0.276. The van der Waals surface area contributed by atoms with Crippen molar-refractivity contribution in [3.8, 4) is 17.0 Å². The highest BCUT2D eigenvalue weighted by molar-refractivity contribution is 6.06. The second-order valence-corrected chi connectivity index (χ2v) is 10.1. The monoisotopic (exact) mass is 537 g/mol. The Labute approximate surface area is 231 Å². The second kappa shape index (κ2) is 10.8. The lowest BCUT2D eigenvalue weighted by Gasteiger charge is -2.17. The molecule has 5 heterocycles. The van der Waals surface area contributed by atoms with E-state index >= 15 is 0 Å². The largest absolute Gasteiger partial charge is 0.489 e. The number of rotatable bonds is 8. The Morgan fingerprint density at radius 1 is 1.20 bits per heavy atom. The van der Waals surface area contributed by atoms with E-state index in [-0.39, 0.29) is 12.0 Å². The number of hydrogen-bond donors (Lipinski definition) is 3. The van der Waals surface area contributed by atoms with Crippen LogP contribution in [0.25, 0.3) is 22.2 Å². The molecule has 0 saturated carbocycles. The zero-order valence-electron chi connectivity index (χ0n) is 22.7. The summed E-state index contributed by atoms with van der Waals surface area (Å²) in [6.07, 6.45) is 8.08. The van der Waals surface area contributed by atoms with Gasteiger partial charge in [0.1, 0.15) is 11.9 Å². The predicted molar refractivity (Wildman–Crippen MR) is 154 cm³/mol. The minimum atomic E-state index is -0.0661. The molecule has 6 rings (SSSR count). The number of para-hydroxylation sites is 1. The SMILES string of the molecule is Cc1cnc(Nc2cc(C)n(C)n2)nc1-c1c[nH]c2c(NC(=O)CN3CC[C@@H](Oc4ccncc4)C3)cccc12. The number of benzene rings is 1. The summed E-state index contributed by atoms with van der Waals surface area (Å²) in [5, 5.41) is 11.7. The first-order valence-corrected chi connectivity index (χ1v) is 13.2. The predicted octanol–water partition coefficient (Wildman–Crippen LogP) is 4.21. The third-order valence-corrected chi connectivity index (χ3v) is 7.12. The second-order valence-electron chi connectivity index (χ2n) is 10.1. The van der Waals surface area contributed by atoms with Crippen LogP contribution in [-0.4, -0.2) is 66.3 Å². The average Bonchev–Trinajstić information content (AvgIpc) is 3.65. The first kappa shape index (κ1) is 25.5. The van der Waals surface area contributed by atoms with E-state index in [2.05, 4.69) is 35.6 Å². The molecule has 0 bridgehead atoms. The van der Waals surface area contributed by atoms with Gasteiger partial charge in [-0.3, -0.25) is 19.4 Å². The van der Waals surface area contributed by atoms with Gasteiger partial charge in [0, 0.05) is 67.6 Å². The molecule has 0 aliphatic carbocycles. The van der Waals surface area contributed by atoms with Gasteiger partial charge >= 0.3 is 0 Å². The molecule has 3 N–H and O–H groups in total. The Morgan fingerprint density at radius 3 is 2.85 bits per heavy atom. The number of ether oxygens (including phenoxy) is 1. The summed E-state index contributed by atoms with van der Waals surface area (Å²) in [6, 6.07) is 11.5. The lowest BCUT2D eigenvalue weighted by Crippen LogP contribution is -2.33. The minimum absolute atomic E-state index is 0.0572. The number of aryl methyl sites for hydroxylation is 3. The number of pyridine rings is 1. The fourth-order valence-corrected chi connectivity index (χ4v) is 5.00. The van der Waals surface area contributed by atoms with Crippen LogP contribution in [0.4, 0.5) is 17.5 Å². The van der Waals surface area contributed by atoms with E-state index in [1.807, 2.05) is 63.5 Å². The highest BCUT2D eigenvalue weighted by Crippen LogP contribution is 2.33. The summed E-state index contributed by atoms with van der Waals surface area (Å²) in [4.78, 5) is 31.7. The van der Waals surface area contributed by atoms with Crippen molar-refractivity contribution in [1.82, 2.24) is 34.6 Å². The molecule has 0 unspecified atom stereocenters. The molecule has 1 aliphatic rings. The smallest absolute Gasteiger partial charge is 0.238 e. The van der Waals surface area contributed by atoms with Crippen molar-refractivity contribution in [2.24, 2.45) is 7.05 Å². The number of H-pyrrole nitrogens is 1. The Kier molecular flexibility index (Phi) is 6.87. The van der Waals surface area contributed by atoms with Gasteiger partial charge in [-0.15, -0.1) is 0 Å². The summed E-state index contributed by atoms with van der Waals surface area (Å²) >= 11 is 0. The van der Waals surface area contributed by atoms with Gasteiger partial charge in [-0.1, -0.05) is 12.1 Å². The van der Waals surface area contributed by atoms with Gasteiger partial charge in [-0.2, -0.15) is 5.10 Å². The number of carbonyl (C=O) groups is 1. The molecule has 204 valence electrons. The van der Waals surface area contributed by atoms with Crippen molar-refractivity contribution >= 4 is 34.3 Å². The van der Waals surface area contributed by atoms with E-state index < -0.39 is 0 Å². The van der Waals surface area contributed by atoms with Crippen molar-refractivity contribution in [3.05, 3.63) is 72.4 Å². The Morgan fingerprint density at radius 2 is 2.05 bits per heavy atom. The highest BCUT2D eigenvalue weighted by atomic mass is 16.5.